The summed E-state index contributed by atoms with van der Waals surface area (Å²) in [4.78, 5) is 0. The van der Waals surface area contributed by atoms with Gasteiger partial charge in [-0.05, 0) is 43.4 Å². The molecule has 0 bridgehead atoms. The van der Waals surface area contributed by atoms with E-state index in [9.17, 15) is 0 Å². The first-order valence-electron chi connectivity index (χ1n) is 5.89. The van der Waals surface area contributed by atoms with Gasteiger partial charge in [-0.2, -0.15) is 0 Å². The van der Waals surface area contributed by atoms with Gasteiger partial charge in [0.2, 0.25) is 0 Å². The molecule has 1 spiro atoms. The third-order valence-electron chi connectivity index (χ3n) is 4.83. The van der Waals surface area contributed by atoms with Gasteiger partial charge >= 0.3 is 0 Å². The van der Waals surface area contributed by atoms with Gasteiger partial charge in [0.25, 0.3) is 0 Å². The van der Waals surface area contributed by atoms with Gasteiger partial charge in [-0.25, -0.2) is 0 Å². The summed E-state index contributed by atoms with van der Waals surface area (Å²) in [6.07, 6.45) is 10.0. The highest BCUT2D eigenvalue weighted by Gasteiger charge is 2.59. The smallest absolute Gasteiger partial charge is 0.0949 e. The minimum absolute atomic E-state index is 0.382. The summed E-state index contributed by atoms with van der Waals surface area (Å²) in [6.45, 7) is 3.59. The summed E-state index contributed by atoms with van der Waals surface area (Å²) in [5, 5.41) is 0. The van der Waals surface area contributed by atoms with Crippen LogP contribution in [-0.2, 0) is 4.74 Å². The summed E-state index contributed by atoms with van der Waals surface area (Å²) in [5.74, 6) is 0.905. The molecule has 74 valence electrons. The van der Waals surface area contributed by atoms with Crippen LogP contribution in [0.4, 0.5) is 0 Å². The zero-order valence-electron chi connectivity index (χ0n) is 8.64. The Bertz CT molecular complexity index is 215. The molecule has 1 saturated heterocycles. The Morgan fingerprint density at radius 3 is 2.62 bits per heavy atom. The van der Waals surface area contributed by atoms with E-state index in [1.165, 1.54) is 44.9 Å². The number of ether oxygens (including phenoxy) is 1. The first-order valence-corrected chi connectivity index (χ1v) is 5.89. The molecule has 3 rings (SSSR count). The molecule has 0 aromatic carbocycles. The number of hydrogen-bond donors (Lipinski definition) is 0. The second-order valence-corrected chi connectivity index (χ2v) is 5.66. The maximum Gasteiger partial charge on any atom is 0.0949 e. The van der Waals surface area contributed by atoms with Gasteiger partial charge in [0, 0.05) is 0 Å². The molecule has 2 aliphatic carbocycles. The van der Waals surface area contributed by atoms with E-state index in [1.807, 2.05) is 0 Å². The van der Waals surface area contributed by atoms with Crippen LogP contribution in [0.3, 0.4) is 0 Å². The van der Waals surface area contributed by atoms with Crippen molar-refractivity contribution in [1.82, 2.24) is 0 Å². The van der Waals surface area contributed by atoms with Crippen LogP contribution in [0.1, 0.15) is 51.9 Å². The van der Waals surface area contributed by atoms with Crippen molar-refractivity contribution in [2.75, 3.05) is 6.61 Å². The first kappa shape index (κ1) is 8.28. The fraction of sp³-hybridized carbons (Fsp3) is 1.00. The fourth-order valence-electron chi connectivity index (χ4n) is 4.00. The maximum atomic E-state index is 5.77. The monoisotopic (exact) mass is 180 g/mol. The lowest BCUT2D eigenvalue weighted by atomic mass is 9.56. The fourth-order valence-corrected chi connectivity index (χ4v) is 4.00. The Labute approximate surface area is 80.8 Å². The maximum absolute atomic E-state index is 5.77. The Hall–Kier alpha value is -0.0400. The molecule has 0 aromatic heterocycles. The lowest BCUT2D eigenvalue weighted by Gasteiger charge is -2.48. The molecule has 3 fully saturated rings. The van der Waals surface area contributed by atoms with Gasteiger partial charge in [-0.15, -0.1) is 0 Å². The molecule has 1 nitrogen and oxygen atoms in total. The van der Waals surface area contributed by atoms with Crippen molar-refractivity contribution in [1.29, 1.82) is 0 Å². The largest absolute Gasteiger partial charge is 0.369 e. The number of rotatable bonds is 0. The summed E-state index contributed by atoms with van der Waals surface area (Å²) in [5.41, 5.74) is 1.03. The zero-order chi connectivity index (χ0) is 8.94. The van der Waals surface area contributed by atoms with E-state index in [-0.39, 0.29) is 0 Å². The molecular formula is C12H20O. The van der Waals surface area contributed by atoms with Crippen molar-refractivity contribution in [3.05, 3.63) is 0 Å². The zero-order valence-corrected chi connectivity index (χ0v) is 8.64. The highest BCUT2D eigenvalue weighted by atomic mass is 16.6. The Morgan fingerprint density at radius 2 is 1.85 bits per heavy atom. The van der Waals surface area contributed by atoms with Crippen LogP contribution in [0.2, 0.25) is 0 Å². The average molecular weight is 180 g/mol. The van der Waals surface area contributed by atoms with E-state index in [0.717, 1.165) is 12.5 Å². The lowest BCUT2D eigenvalue weighted by molar-refractivity contribution is -0.00461. The van der Waals surface area contributed by atoms with Crippen molar-refractivity contribution >= 4 is 0 Å². The molecule has 1 heteroatoms. The Kier molecular flexibility index (Phi) is 1.59. The van der Waals surface area contributed by atoms with Crippen LogP contribution in [0, 0.1) is 11.3 Å². The molecule has 0 N–H and O–H groups in total. The third kappa shape index (κ3) is 1.09. The van der Waals surface area contributed by atoms with Crippen LogP contribution in [0.5, 0.6) is 0 Å². The quantitative estimate of drug-likeness (QED) is 0.522. The van der Waals surface area contributed by atoms with Gasteiger partial charge in [0.05, 0.1) is 12.2 Å². The molecule has 3 aliphatic rings. The van der Waals surface area contributed by atoms with Crippen LogP contribution in [0.15, 0.2) is 0 Å². The summed E-state index contributed by atoms with van der Waals surface area (Å²) in [7, 11) is 0. The second kappa shape index (κ2) is 2.50. The van der Waals surface area contributed by atoms with Gasteiger partial charge in [-0.3, -0.25) is 0 Å². The molecule has 0 unspecified atom stereocenters. The molecule has 1 aliphatic heterocycles. The van der Waals surface area contributed by atoms with E-state index in [2.05, 4.69) is 6.92 Å². The number of hydrogen-bond acceptors (Lipinski definition) is 1. The highest BCUT2D eigenvalue weighted by molar-refractivity contribution is 5.08. The molecule has 0 aromatic rings. The minimum Gasteiger partial charge on any atom is -0.369 e. The Balaban J connectivity index is 1.89. The molecule has 13 heavy (non-hydrogen) atoms. The standard InChI is InChI=1S/C12H20O/c1-11-6-3-2-5-10(11)12(9-13-12)8-4-7-11/h10H,2-9H2,1H3/t10-,11+,12-/m0/s1. The Morgan fingerprint density at radius 1 is 1.08 bits per heavy atom. The summed E-state index contributed by atoms with van der Waals surface area (Å²) < 4.78 is 5.77. The second-order valence-electron chi connectivity index (χ2n) is 5.66. The molecular weight excluding hydrogens is 160 g/mol. The van der Waals surface area contributed by atoms with Crippen molar-refractivity contribution in [2.45, 2.75) is 57.5 Å². The van der Waals surface area contributed by atoms with Crippen LogP contribution >= 0.6 is 0 Å². The number of epoxide rings is 1. The topological polar surface area (TPSA) is 12.5 Å². The first-order chi connectivity index (χ1) is 6.25. The van der Waals surface area contributed by atoms with Gasteiger partial charge in [0.15, 0.2) is 0 Å². The van der Waals surface area contributed by atoms with Crippen molar-refractivity contribution in [2.24, 2.45) is 11.3 Å². The summed E-state index contributed by atoms with van der Waals surface area (Å²) in [6, 6.07) is 0. The third-order valence-corrected chi connectivity index (χ3v) is 4.83. The van der Waals surface area contributed by atoms with E-state index >= 15 is 0 Å². The lowest BCUT2D eigenvalue weighted by Crippen LogP contribution is -2.44. The van der Waals surface area contributed by atoms with Crippen LogP contribution in [0.25, 0.3) is 0 Å². The molecule has 1 heterocycles. The average Bonchev–Trinajstić information content (AvgIpc) is 2.85. The molecule has 2 saturated carbocycles. The molecule has 0 radical (unpaired) electrons. The summed E-state index contributed by atoms with van der Waals surface area (Å²) >= 11 is 0. The minimum atomic E-state index is 0.382. The molecule has 0 amide bonds. The predicted molar refractivity (Wildman–Crippen MR) is 52.6 cm³/mol. The van der Waals surface area contributed by atoms with Crippen molar-refractivity contribution < 1.29 is 4.74 Å². The van der Waals surface area contributed by atoms with Crippen LogP contribution in [-0.4, -0.2) is 12.2 Å². The van der Waals surface area contributed by atoms with E-state index in [1.54, 1.807) is 0 Å². The van der Waals surface area contributed by atoms with E-state index in [0.29, 0.717) is 11.0 Å². The highest BCUT2D eigenvalue weighted by Crippen LogP contribution is 2.59. The van der Waals surface area contributed by atoms with Gasteiger partial charge in [-0.1, -0.05) is 19.8 Å². The SMILES string of the molecule is C[C@]12CCCC[C@@H]1[C@]1(CCC2)CO1. The van der Waals surface area contributed by atoms with Crippen molar-refractivity contribution in [3.8, 4) is 0 Å². The van der Waals surface area contributed by atoms with Gasteiger partial charge < -0.3 is 4.74 Å². The van der Waals surface area contributed by atoms with Crippen molar-refractivity contribution in [3.63, 3.8) is 0 Å². The molecule has 3 atom stereocenters. The van der Waals surface area contributed by atoms with E-state index in [4.69, 9.17) is 4.74 Å². The van der Waals surface area contributed by atoms with Gasteiger partial charge in [0.1, 0.15) is 0 Å². The van der Waals surface area contributed by atoms with E-state index < -0.39 is 0 Å². The van der Waals surface area contributed by atoms with Crippen LogP contribution < -0.4 is 0 Å². The normalized spacial score (nSPS) is 54.7. The number of fused-ring (bicyclic) bond motifs is 2. The predicted octanol–water partition coefficient (Wildman–Crippen LogP) is 3.14.